The number of phenols is 1. The van der Waals surface area contributed by atoms with Gasteiger partial charge >= 0.3 is 0 Å². The van der Waals surface area contributed by atoms with Crippen LogP contribution in [0.1, 0.15) is 23.2 Å². The minimum absolute atomic E-state index is 0.00591. The monoisotopic (exact) mass is 278 g/mol. The van der Waals surface area contributed by atoms with E-state index in [1.54, 1.807) is 17.0 Å². The third-order valence-corrected chi connectivity index (χ3v) is 3.76. The minimum atomic E-state index is -0.0681. The van der Waals surface area contributed by atoms with Crippen LogP contribution < -0.4 is 10.1 Å². The van der Waals surface area contributed by atoms with Crippen molar-refractivity contribution in [3.05, 3.63) is 23.8 Å². The molecule has 0 aliphatic carbocycles. The van der Waals surface area contributed by atoms with Crippen molar-refractivity contribution in [3.63, 3.8) is 0 Å². The second-order valence-corrected chi connectivity index (χ2v) is 5.27. The molecule has 0 radical (unpaired) electrons. The first-order valence-electron chi connectivity index (χ1n) is 6.95. The lowest BCUT2D eigenvalue weighted by atomic mass is 9.97. The highest BCUT2D eigenvalue weighted by Gasteiger charge is 2.19. The van der Waals surface area contributed by atoms with Gasteiger partial charge in [-0.2, -0.15) is 0 Å². The Morgan fingerprint density at radius 2 is 2.15 bits per heavy atom. The van der Waals surface area contributed by atoms with E-state index >= 15 is 0 Å². The molecular weight excluding hydrogens is 256 g/mol. The maximum Gasteiger partial charge on any atom is 0.253 e. The molecule has 0 spiro atoms. The van der Waals surface area contributed by atoms with Crippen molar-refractivity contribution >= 4 is 5.91 Å². The van der Waals surface area contributed by atoms with Crippen molar-refractivity contribution in [3.8, 4) is 11.5 Å². The number of aromatic hydroxyl groups is 1. The minimum Gasteiger partial charge on any atom is -0.504 e. The number of hydrogen-bond donors (Lipinski definition) is 2. The van der Waals surface area contributed by atoms with Crippen molar-refractivity contribution in [2.75, 3.05) is 33.8 Å². The second-order valence-electron chi connectivity index (χ2n) is 5.27. The van der Waals surface area contributed by atoms with E-state index in [4.69, 9.17) is 4.74 Å². The van der Waals surface area contributed by atoms with E-state index < -0.39 is 0 Å². The number of phenolic OH excluding ortho intramolecular Hbond substituents is 1. The molecule has 2 N–H and O–H groups in total. The number of carbonyl (C=O) groups excluding carboxylic acids is 1. The molecule has 0 saturated carbocycles. The average molecular weight is 278 g/mol. The molecule has 1 fully saturated rings. The second kappa shape index (κ2) is 6.61. The summed E-state index contributed by atoms with van der Waals surface area (Å²) in [5, 5.41) is 13.1. The van der Waals surface area contributed by atoms with Crippen LogP contribution in [0.25, 0.3) is 0 Å². The maximum absolute atomic E-state index is 12.3. The molecule has 0 aromatic heterocycles. The molecule has 1 aromatic carbocycles. The zero-order valence-electron chi connectivity index (χ0n) is 12.1. The number of benzene rings is 1. The molecule has 110 valence electrons. The van der Waals surface area contributed by atoms with Crippen LogP contribution in [0.5, 0.6) is 11.5 Å². The number of amides is 1. The first kappa shape index (κ1) is 14.7. The summed E-state index contributed by atoms with van der Waals surface area (Å²) in [4.78, 5) is 14.1. The normalized spacial score (nSPS) is 15.9. The highest BCUT2D eigenvalue weighted by molar-refractivity contribution is 5.94. The number of carbonyl (C=O) groups is 1. The van der Waals surface area contributed by atoms with Gasteiger partial charge in [0.1, 0.15) is 0 Å². The highest BCUT2D eigenvalue weighted by atomic mass is 16.5. The fourth-order valence-corrected chi connectivity index (χ4v) is 2.58. The lowest BCUT2D eigenvalue weighted by Gasteiger charge is -2.27. The fraction of sp³-hybridized carbons (Fsp3) is 0.533. The van der Waals surface area contributed by atoms with Gasteiger partial charge in [0.15, 0.2) is 11.5 Å². The van der Waals surface area contributed by atoms with Gasteiger partial charge < -0.3 is 20.1 Å². The van der Waals surface area contributed by atoms with E-state index in [1.807, 2.05) is 7.05 Å². The summed E-state index contributed by atoms with van der Waals surface area (Å²) < 4.78 is 4.98. The lowest BCUT2D eigenvalue weighted by Crippen LogP contribution is -2.37. The van der Waals surface area contributed by atoms with Crippen molar-refractivity contribution < 1.29 is 14.6 Å². The lowest BCUT2D eigenvalue weighted by molar-refractivity contribution is 0.0762. The van der Waals surface area contributed by atoms with Crippen LogP contribution in [0.2, 0.25) is 0 Å². The first-order chi connectivity index (χ1) is 9.61. The maximum atomic E-state index is 12.3. The van der Waals surface area contributed by atoms with Gasteiger partial charge in [0.25, 0.3) is 5.91 Å². The molecule has 0 bridgehead atoms. The smallest absolute Gasteiger partial charge is 0.253 e. The number of piperidine rings is 1. The van der Waals surface area contributed by atoms with Gasteiger partial charge in [-0.1, -0.05) is 0 Å². The standard InChI is InChI=1S/C15H22N2O3/c1-17(10-11-5-7-16-8-6-11)15(19)12-3-4-14(20-2)13(18)9-12/h3-4,9,11,16,18H,5-8,10H2,1-2H3. The molecule has 0 unspecified atom stereocenters. The molecule has 1 saturated heterocycles. The van der Waals surface area contributed by atoms with Crippen LogP contribution >= 0.6 is 0 Å². The Labute approximate surface area is 119 Å². The molecular formula is C15H22N2O3. The fourth-order valence-electron chi connectivity index (χ4n) is 2.58. The number of methoxy groups -OCH3 is 1. The van der Waals surface area contributed by atoms with Crippen LogP contribution in [0.3, 0.4) is 0 Å². The largest absolute Gasteiger partial charge is 0.504 e. The SMILES string of the molecule is COc1ccc(C(=O)N(C)CC2CCNCC2)cc1O. The summed E-state index contributed by atoms with van der Waals surface area (Å²) in [7, 11) is 3.30. The third kappa shape index (κ3) is 3.42. The first-order valence-corrected chi connectivity index (χ1v) is 6.95. The van der Waals surface area contributed by atoms with Gasteiger partial charge in [0, 0.05) is 19.2 Å². The number of hydrogen-bond acceptors (Lipinski definition) is 4. The Balaban J connectivity index is 2.00. The molecule has 20 heavy (non-hydrogen) atoms. The Kier molecular flexibility index (Phi) is 4.84. The van der Waals surface area contributed by atoms with E-state index in [0.717, 1.165) is 32.5 Å². The summed E-state index contributed by atoms with van der Waals surface area (Å²) in [6.45, 7) is 2.80. The molecule has 5 heteroatoms. The van der Waals surface area contributed by atoms with E-state index in [1.165, 1.54) is 13.2 Å². The Bertz CT molecular complexity index is 470. The van der Waals surface area contributed by atoms with Crippen molar-refractivity contribution in [1.29, 1.82) is 0 Å². The van der Waals surface area contributed by atoms with Crippen LogP contribution in [0, 0.1) is 5.92 Å². The van der Waals surface area contributed by atoms with Gasteiger partial charge in [0.2, 0.25) is 0 Å². The Morgan fingerprint density at radius 3 is 2.75 bits per heavy atom. The quantitative estimate of drug-likeness (QED) is 0.875. The number of ether oxygens (including phenoxy) is 1. The van der Waals surface area contributed by atoms with Gasteiger partial charge in [-0.3, -0.25) is 4.79 Å². The summed E-state index contributed by atoms with van der Waals surface area (Å²) in [5.74, 6) is 0.856. The number of rotatable bonds is 4. The van der Waals surface area contributed by atoms with E-state index in [0.29, 0.717) is 17.2 Å². The Morgan fingerprint density at radius 1 is 1.45 bits per heavy atom. The average Bonchev–Trinajstić information content (AvgIpc) is 2.47. The van der Waals surface area contributed by atoms with Crippen molar-refractivity contribution in [1.82, 2.24) is 10.2 Å². The molecule has 1 amide bonds. The van der Waals surface area contributed by atoms with E-state index in [2.05, 4.69) is 5.32 Å². The van der Waals surface area contributed by atoms with Crippen LogP contribution in [0.4, 0.5) is 0 Å². The van der Waals surface area contributed by atoms with Crippen molar-refractivity contribution in [2.24, 2.45) is 5.92 Å². The summed E-state index contributed by atoms with van der Waals surface area (Å²) >= 11 is 0. The molecule has 2 rings (SSSR count). The van der Waals surface area contributed by atoms with Crippen LogP contribution in [-0.2, 0) is 0 Å². The van der Waals surface area contributed by atoms with Crippen LogP contribution in [-0.4, -0.2) is 49.7 Å². The highest BCUT2D eigenvalue weighted by Crippen LogP contribution is 2.26. The zero-order valence-corrected chi connectivity index (χ0v) is 12.1. The molecule has 1 aromatic rings. The number of nitrogens with one attached hydrogen (secondary N) is 1. The van der Waals surface area contributed by atoms with E-state index in [-0.39, 0.29) is 11.7 Å². The topological polar surface area (TPSA) is 61.8 Å². The van der Waals surface area contributed by atoms with Gasteiger partial charge in [0.05, 0.1) is 7.11 Å². The zero-order chi connectivity index (χ0) is 14.5. The predicted molar refractivity (Wildman–Crippen MR) is 77.2 cm³/mol. The third-order valence-electron chi connectivity index (χ3n) is 3.76. The molecule has 5 nitrogen and oxygen atoms in total. The molecule has 1 heterocycles. The summed E-state index contributed by atoms with van der Waals surface area (Å²) in [6.07, 6.45) is 2.21. The number of nitrogens with zero attached hydrogens (tertiary/aromatic N) is 1. The predicted octanol–water partition coefficient (Wildman–Crippen LogP) is 1.47. The van der Waals surface area contributed by atoms with E-state index in [9.17, 15) is 9.90 Å². The van der Waals surface area contributed by atoms with Gasteiger partial charge in [-0.05, 0) is 50.0 Å². The molecule has 0 atom stereocenters. The van der Waals surface area contributed by atoms with Crippen LogP contribution in [0.15, 0.2) is 18.2 Å². The Hall–Kier alpha value is -1.75. The summed E-state index contributed by atoms with van der Waals surface area (Å²) in [6, 6.07) is 4.75. The summed E-state index contributed by atoms with van der Waals surface area (Å²) in [5.41, 5.74) is 0.486. The molecule has 1 aliphatic rings. The molecule has 1 aliphatic heterocycles. The van der Waals surface area contributed by atoms with Crippen molar-refractivity contribution in [2.45, 2.75) is 12.8 Å². The van der Waals surface area contributed by atoms with Gasteiger partial charge in [-0.15, -0.1) is 0 Å². The van der Waals surface area contributed by atoms with Gasteiger partial charge in [-0.25, -0.2) is 0 Å².